The Morgan fingerprint density at radius 2 is 1.79 bits per heavy atom. The van der Waals surface area contributed by atoms with Crippen molar-refractivity contribution >= 4 is 11.6 Å². The molecule has 0 unspecified atom stereocenters. The molecule has 0 saturated carbocycles. The molecule has 0 saturated heterocycles. The van der Waals surface area contributed by atoms with Crippen LogP contribution in [0.15, 0.2) is 42.5 Å². The molecule has 0 fully saturated rings. The molecule has 2 aromatic carbocycles. The molecule has 0 aliphatic heterocycles. The van der Waals surface area contributed by atoms with Gasteiger partial charge in [0.2, 0.25) is 0 Å². The number of nitriles is 1. The highest BCUT2D eigenvalue weighted by molar-refractivity contribution is 6.17. The van der Waals surface area contributed by atoms with Crippen LogP contribution in [0.1, 0.15) is 16.7 Å². The van der Waals surface area contributed by atoms with Crippen LogP contribution < -0.4 is 4.74 Å². The highest BCUT2D eigenvalue weighted by Crippen LogP contribution is 2.24. The summed E-state index contributed by atoms with van der Waals surface area (Å²) < 4.78 is 5.77. The average molecular weight is 272 g/mol. The number of alkyl halides is 1. The highest BCUT2D eigenvalue weighted by atomic mass is 35.5. The number of rotatable bonds is 4. The van der Waals surface area contributed by atoms with E-state index < -0.39 is 0 Å². The molecule has 2 rings (SSSR count). The van der Waals surface area contributed by atoms with Gasteiger partial charge in [-0.3, -0.25) is 0 Å². The van der Waals surface area contributed by atoms with E-state index in [1.54, 1.807) is 0 Å². The quantitative estimate of drug-likeness (QED) is 0.762. The van der Waals surface area contributed by atoms with Crippen molar-refractivity contribution in [3.8, 4) is 17.6 Å². The zero-order chi connectivity index (χ0) is 13.7. The number of ether oxygens (including phenoxy) is 1. The van der Waals surface area contributed by atoms with Crippen LogP contribution in [0.3, 0.4) is 0 Å². The Balaban J connectivity index is 2.12. The first-order chi connectivity index (χ1) is 9.22. The van der Waals surface area contributed by atoms with Crippen molar-refractivity contribution in [2.75, 3.05) is 0 Å². The molecule has 0 aromatic heterocycles. The van der Waals surface area contributed by atoms with Crippen molar-refractivity contribution in [1.29, 1.82) is 5.26 Å². The number of halogens is 1. The topological polar surface area (TPSA) is 33.0 Å². The molecular weight excluding hydrogens is 258 g/mol. The summed E-state index contributed by atoms with van der Waals surface area (Å²) in [6.45, 7) is 2.01. The van der Waals surface area contributed by atoms with E-state index in [1.165, 1.54) is 0 Å². The van der Waals surface area contributed by atoms with Crippen LogP contribution >= 0.6 is 11.6 Å². The fourth-order valence-electron chi connectivity index (χ4n) is 1.78. The van der Waals surface area contributed by atoms with Crippen LogP contribution in [0.25, 0.3) is 0 Å². The summed E-state index contributed by atoms with van der Waals surface area (Å²) in [6.07, 6.45) is 0.420. The Morgan fingerprint density at radius 1 is 1.11 bits per heavy atom. The van der Waals surface area contributed by atoms with Crippen molar-refractivity contribution in [2.45, 2.75) is 19.2 Å². The smallest absolute Gasteiger partial charge is 0.127 e. The Labute approximate surface area is 118 Å². The predicted molar refractivity (Wildman–Crippen MR) is 76.6 cm³/mol. The first-order valence-corrected chi connectivity index (χ1v) is 6.55. The van der Waals surface area contributed by atoms with Crippen molar-refractivity contribution in [3.63, 3.8) is 0 Å². The molecule has 0 atom stereocenters. The summed E-state index contributed by atoms with van der Waals surface area (Å²) in [5, 5.41) is 8.61. The maximum Gasteiger partial charge on any atom is 0.127 e. The lowest BCUT2D eigenvalue weighted by Crippen LogP contribution is -1.89. The zero-order valence-corrected chi connectivity index (χ0v) is 11.4. The van der Waals surface area contributed by atoms with Crippen molar-refractivity contribution in [1.82, 2.24) is 0 Å². The van der Waals surface area contributed by atoms with E-state index in [-0.39, 0.29) is 0 Å². The first-order valence-electron chi connectivity index (χ1n) is 6.02. The van der Waals surface area contributed by atoms with E-state index in [4.69, 9.17) is 21.6 Å². The van der Waals surface area contributed by atoms with E-state index in [2.05, 4.69) is 6.07 Å². The minimum absolute atomic E-state index is 0.420. The van der Waals surface area contributed by atoms with E-state index in [9.17, 15) is 0 Å². The van der Waals surface area contributed by atoms with E-state index in [0.29, 0.717) is 12.3 Å². The minimum atomic E-state index is 0.420. The fraction of sp³-hybridized carbons (Fsp3) is 0.188. The molecule has 0 radical (unpaired) electrons. The molecule has 0 aliphatic rings. The number of nitrogens with zero attached hydrogens (tertiary/aromatic N) is 1. The second-order valence-corrected chi connectivity index (χ2v) is 4.57. The summed E-state index contributed by atoms with van der Waals surface area (Å²) in [5.41, 5.74) is 3.22. The van der Waals surface area contributed by atoms with Crippen LogP contribution in [0.4, 0.5) is 0 Å². The van der Waals surface area contributed by atoms with Crippen LogP contribution in [0, 0.1) is 18.3 Å². The van der Waals surface area contributed by atoms with Crippen molar-refractivity contribution in [2.24, 2.45) is 0 Å². The third kappa shape index (κ3) is 3.49. The Hall–Kier alpha value is -1.98. The van der Waals surface area contributed by atoms with Gasteiger partial charge in [0.25, 0.3) is 0 Å². The average Bonchev–Trinajstić information content (AvgIpc) is 2.42. The number of aryl methyl sites for hydroxylation is 1. The van der Waals surface area contributed by atoms with Gasteiger partial charge < -0.3 is 4.74 Å². The number of hydrogen-bond donors (Lipinski definition) is 0. The molecule has 0 amide bonds. The minimum Gasteiger partial charge on any atom is -0.457 e. The van der Waals surface area contributed by atoms with Gasteiger partial charge in [-0.1, -0.05) is 18.2 Å². The third-order valence-corrected chi connectivity index (χ3v) is 3.19. The second kappa shape index (κ2) is 6.26. The molecule has 0 bridgehead atoms. The van der Waals surface area contributed by atoms with Gasteiger partial charge >= 0.3 is 0 Å². The SMILES string of the molecule is Cc1cc(Oc2ccc(CC#N)cc2)ccc1CCl. The Bertz CT molecular complexity index is 599. The molecule has 19 heavy (non-hydrogen) atoms. The lowest BCUT2D eigenvalue weighted by molar-refractivity contribution is 0.482. The molecule has 0 spiro atoms. The van der Waals surface area contributed by atoms with Crippen LogP contribution in [-0.4, -0.2) is 0 Å². The van der Waals surface area contributed by atoms with Gasteiger partial charge in [0, 0.05) is 5.88 Å². The summed E-state index contributed by atoms with van der Waals surface area (Å²) >= 11 is 5.82. The standard InChI is InChI=1S/C16H14ClNO/c1-12-10-16(7-4-14(12)11-17)19-15-5-2-13(3-6-15)8-9-18/h2-7,10H,8,11H2,1H3. The molecule has 0 N–H and O–H groups in total. The van der Waals surface area contributed by atoms with Gasteiger partial charge in [0.1, 0.15) is 11.5 Å². The lowest BCUT2D eigenvalue weighted by atomic mass is 10.1. The van der Waals surface area contributed by atoms with E-state index >= 15 is 0 Å². The van der Waals surface area contributed by atoms with E-state index in [1.807, 2.05) is 49.4 Å². The molecule has 2 nitrogen and oxygen atoms in total. The molecule has 96 valence electrons. The van der Waals surface area contributed by atoms with Gasteiger partial charge in [0.15, 0.2) is 0 Å². The van der Waals surface area contributed by atoms with Gasteiger partial charge in [-0.25, -0.2) is 0 Å². The highest BCUT2D eigenvalue weighted by Gasteiger charge is 2.02. The summed E-state index contributed by atoms with van der Waals surface area (Å²) in [7, 11) is 0. The monoisotopic (exact) mass is 271 g/mol. The van der Waals surface area contributed by atoms with Crippen LogP contribution in [0.5, 0.6) is 11.5 Å². The first kappa shape index (κ1) is 13.5. The van der Waals surface area contributed by atoms with Gasteiger partial charge in [-0.15, -0.1) is 11.6 Å². The normalized spacial score (nSPS) is 9.95. The maximum atomic E-state index is 8.61. The van der Waals surface area contributed by atoms with Gasteiger partial charge in [-0.2, -0.15) is 5.26 Å². The van der Waals surface area contributed by atoms with Crippen LogP contribution in [-0.2, 0) is 12.3 Å². The molecule has 2 aromatic rings. The summed E-state index contributed by atoms with van der Waals surface area (Å²) in [6, 6.07) is 15.5. The van der Waals surface area contributed by atoms with Crippen molar-refractivity contribution in [3.05, 3.63) is 59.2 Å². The fourth-order valence-corrected chi connectivity index (χ4v) is 2.08. The Morgan fingerprint density at radius 3 is 2.37 bits per heavy atom. The molecule has 3 heteroatoms. The Kier molecular flexibility index (Phi) is 4.43. The third-order valence-electron chi connectivity index (χ3n) is 2.90. The summed E-state index contributed by atoms with van der Waals surface area (Å²) in [5.74, 6) is 2.06. The largest absolute Gasteiger partial charge is 0.457 e. The number of benzene rings is 2. The number of hydrogen-bond acceptors (Lipinski definition) is 2. The molecular formula is C16H14ClNO. The maximum absolute atomic E-state index is 8.61. The lowest BCUT2D eigenvalue weighted by Gasteiger charge is -2.09. The second-order valence-electron chi connectivity index (χ2n) is 4.30. The molecule has 0 heterocycles. The predicted octanol–water partition coefficient (Wildman–Crippen LogP) is 4.59. The molecule has 0 aliphatic carbocycles. The van der Waals surface area contributed by atoms with Gasteiger partial charge in [-0.05, 0) is 47.9 Å². The van der Waals surface area contributed by atoms with Crippen molar-refractivity contribution < 1.29 is 4.74 Å². The van der Waals surface area contributed by atoms with Crippen LogP contribution in [0.2, 0.25) is 0 Å². The van der Waals surface area contributed by atoms with Gasteiger partial charge in [0.05, 0.1) is 12.5 Å². The summed E-state index contributed by atoms with van der Waals surface area (Å²) in [4.78, 5) is 0. The zero-order valence-electron chi connectivity index (χ0n) is 10.7. The van der Waals surface area contributed by atoms with E-state index in [0.717, 1.165) is 28.2 Å².